The molecule has 1 aliphatic rings. The second-order valence-electron chi connectivity index (χ2n) is 4.58. The van der Waals surface area contributed by atoms with Gasteiger partial charge >= 0.3 is 0 Å². The minimum absolute atomic E-state index is 0.439. The van der Waals surface area contributed by atoms with Crippen molar-refractivity contribution < 1.29 is 8.42 Å². The topological polar surface area (TPSA) is 34.1 Å². The summed E-state index contributed by atoms with van der Waals surface area (Å²) in [6.45, 7) is 2.12. The molecular formula is C15H14O2S. The number of sulfone groups is 1. The average molecular weight is 258 g/mol. The summed E-state index contributed by atoms with van der Waals surface area (Å²) in [4.78, 5) is 0.886. The Labute approximate surface area is 107 Å². The number of hydrogen-bond acceptors (Lipinski definition) is 2. The molecule has 2 aromatic rings. The maximum atomic E-state index is 12.3. The van der Waals surface area contributed by atoms with E-state index in [0.717, 1.165) is 24.0 Å². The van der Waals surface area contributed by atoms with Crippen LogP contribution in [-0.2, 0) is 16.3 Å². The molecule has 2 aromatic carbocycles. The first-order valence-electron chi connectivity index (χ1n) is 6.12. The van der Waals surface area contributed by atoms with E-state index < -0.39 is 9.84 Å². The third kappa shape index (κ3) is 1.51. The lowest BCUT2D eigenvalue weighted by Crippen LogP contribution is -1.96. The van der Waals surface area contributed by atoms with E-state index in [-0.39, 0.29) is 0 Å². The molecule has 0 N–H and O–H groups in total. The van der Waals surface area contributed by atoms with Crippen LogP contribution in [0.3, 0.4) is 0 Å². The molecule has 1 aliphatic heterocycles. The number of hydrogen-bond donors (Lipinski definition) is 0. The van der Waals surface area contributed by atoms with Gasteiger partial charge in [0.25, 0.3) is 0 Å². The van der Waals surface area contributed by atoms with Crippen molar-refractivity contribution in [2.24, 2.45) is 0 Å². The molecular weight excluding hydrogens is 244 g/mol. The molecule has 0 spiro atoms. The summed E-state index contributed by atoms with van der Waals surface area (Å²) in [5, 5.41) is 0. The van der Waals surface area contributed by atoms with Gasteiger partial charge in [-0.3, -0.25) is 0 Å². The van der Waals surface area contributed by atoms with Gasteiger partial charge in [-0.2, -0.15) is 0 Å². The lowest BCUT2D eigenvalue weighted by molar-refractivity contribution is 0.598. The highest BCUT2D eigenvalue weighted by Gasteiger charge is 2.32. The third-order valence-electron chi connectivity index (χ3n) is 3.34. The zero-order chi connectivity index (χ0) is 12.8. The summed E-state index contributed by atoms with van der Waals surface area (Å²) in [6.07, 6.45) is 2.04. The maximum Gasteiger partial charge on any atom is 0.207 e. The Morgan fingerprint density at radius 3 is 2.44 bits per heavy atom. The van der Waals surface area contributed by atoms with Gasteiger partial charge in [-0.05, 0) is 30.2 Å². The van der Waals surface area contributed by atoms with E-state index in [1.165, 1.54) is 5.56 Å². The highest BCUT2D eigenvalue weighted by molar-refractivity contribution is 7.92. The minimum atomic E-state index is -3.30. The standard InChI is InChI=1S/C15H14O2S/c1-2-5-11-8-9-15-13(10-11)12-6-3-4-7-14(12)18(15,16)17/h3-4,6-10H,2,5H2,1H3. The summed E-state index contributed by atoms with van der Waals surface area (Å²) in [5.41, 5.74) is 2.89. The van der Waals surface area contributed by atoms with E-state index >= 15 is 0 Å². The van der Waals surface area contributed by atoms with Crippen LogP contribution >= 0.6 is 0 Å². The summed E-state index contributed by atoms with van der Waals surface area (Å²) in [5.74, 6) is 0. The van der Waals surface area contributed by atoms with Crippen molar-refractivity contribution in [2.45, 2.75) is 29.6 Å². The fraction of sp³-hybridized carbons (Fsp3) is 0.200. The lowest BCUT2D eigenvalue weighted by Gasteiger charge is -2.03. The molecule has 18 heavy (non-hydrogen) atoms. The molecule has 0 saturated carbocycles. The second kappa shape index (κ2) is 3.95. The van der Waals surface area contributed by atoms with Crippen molar-refractivity contribution in [3.8, 4) is 11.1 Å². The van der Waals surface area contributed by atoms with Gasteiger partial charge in [-0.25, -0.2) is 8.42 Å². The number of aryl methyl sites for hydroxylation is 1. The molecule has 0 amide bonds. The molecule has 0 fully saturated rings. The smallest absolute Gasteiger partial charge is 0.207 e. The van der Waals surface area contributed by atoms with Crippen molar-refractivity contribution in [3.05, 3.63) is 48.0 Å². The molecule has 3 rings (SSSR count). The molecule has 92 valence electrons. The van der Waals surface area contributed by atoms with Gasteiger partial charge in [0.2, 0.25) is 9.84 Å². The van der Waals surface area contributed by atoms with Crippen LogP contribution in [-0.4, -0.2) is 8.42 Å². The lowest BCUT2D eigenvalue weighted by atomic mass is 10.0. The Morgan fingerprint density at radius 2 is 1.67 bits per heavy atom. The molecule has 0 saturated heterocycles. The quantitative estimate of drug-likeness (QED) is 0.705. The van der Waals surface area contributed by atoms with Crippen molar-refractivity contribution >= 4 is 9.84 Å². The van der Waals surface area contributed by atoms with Crippen LogP contribution in [0.5, 0.6) is 0 Å². The molecule has 0 aliphatic carbocycles. The Bertz CT molecular complexity index is 715. The monoisotopic (exact) mass is 258 g/mol. The van der Waals surface area contributed by atoms with Gasteiger partial charge in [-0.15, -0.1) is 0 Å². The Balaban J connectivity index is 2.30. The van der Waals surface area contributed by atoms with E-state index in [1.807, 2.05) is 24.3 Å². The third-order valence-corrected chi connectivity index (χ3v) is 5.21. The predicted molar refractivity (Wildman–Crippen MR) is 71.3 cm³/mol. The minimum Gasteiger partial charge on any atom is -0.218 e. The van der Waals surface area contributed by atoms with Crippen molar-refractivity contribution in [1.29, 1.82) is 0 Å². The number of benzene rings is 2. The predicted octanol–water partition coefficient (Wildman–Crippen LogP) is 3.45. The molecule has 0 aromatic heterocycles. The van der Waals surface area contributed by atoms with Crippen LogP contribution in [0.4, 0.5) is 0 Å². The molecule has 2 nitrogen and oxygen atoms in total. The second-order valence-corrected chi connectivity index (χ2v) is 6.47. The Morgan fingerprint density at radius 1 is 0.944 bits per heavy atom. The molecule has 1 heterocycles. The van der Waals surface area contributed by atoms with E-state index in [4.69, 9.17) is 0 Å². The zero-order valence-electron chi connectivity index (χ0n) is 10.2. The highest BCUT2D eigenvalue weighted by Crippen LogP contribution is 2.43. The van der Waals surface area contributed by atoms with Crippen LogP contribution in [0.1, 0.15) is 18.9 Å². The van der Waals surface area contributed by atoms with Gasteiger partial charge in [0.05, 0.1) is 9.79 Å². The zero-order valence-corrected chi connectivity index (χ0v) is 11.0. The van der Waals surface area contributed by atoms with Gasteiger partial charge < -0.3 is 0 Å². The first kappa shape index (κ1) is 11.5. The van der Waals surface area contributed by atoms with Crippen LogP contribution in [0.2, 0.25) is 0 Å². The Hall–Kier alpha value is -1.61. The Kier molecular flexibility index (Phi) is 2.52. The van der Waals surface area contributed by atoms with Crippen LogP contribution in [0.15, 0.2) is 52.3 Å². The number of rotatable bonds is 2. The summed E-state index contributed by atoms with van der Waals surface area (Å²) < 4.78 is 24.7. The van der Waals surface area contributed by atoms with Gasteiger partial charge in [-0.1, -0.05) is 37.6 Å². The van der Waals surface area contributed by atoms with E-state index in [9.17, 15) is 8.42 Å². The largest absolute Gasteiger partial charge is 0.218 e. The molecule has 3 heteroatoms. The summed E-state index contributed by atoms with van der Waals surface area (Å²) in [6, 6.07) is 12.9. The van der Waals surface area contributed by atoms with Gasteiger partial charge in [0.1, 0.15) is 0 Å². The van der Waals surface area contributed by atoms with Gasteiger partial charge in [0.15, 0.2) is 0 Å². The van der Waals surface area contributed by atoms with Gasteiger partial charge in [0, 0.05) is 11.1 Å². The normalized spacial score (nSPS) is 15.2. The highest BCUT2D eigenvalue weighted by atomic mass is 32.2. The fourth-order valence-electron chi connectivity index (χ4n) is 2.51. The molecule has 0 radical (unpaired) electrons. The van der Waals surface area contributed by atoms with Crippen molar-refractivity contribution in [3.63, 3.8) is 0 Å². The molecule has 0 unspecified atom stereocenters. The van der Waals surface area contributed by atoms with E-state index in [0.29, 0.717) is 9.79 Å². The van der Waals surface area contributed by atoms with E-state index in [2.05, 4.69) is 6.92 Å². The molecule has 0 bridgehead atoms. The van der Waals surface area contributed by atoms with Crippen LogP contribution in [0.25, 0.3) is 11.1 Å². The maximum absolute atomic E-state index is 12.3. The summed E-state index contributed by atoms with van der Waals surface area (Å²) in [7, 11) is -3.30. The van der Waals surface area contributed by atoms with E-state index in [1.54, 1.807) is 18.2 Å². The first-order chi connectivity index (χ1) is 8.64. The number of fused-ring (bicyclic) bond motifs is 3. The fourth-order valence-corrected chi connectivity index (χ4v) is 4.18. The van der Waals surface area contributed by atoms with Crippen molar-refractivity contribution in [2.75, 3.05) is 0 Å². The SMILES string of the molecule is CCCc1ccc2c(c1)-c1ccccc1S2(=O)=O. The van der Waals surface area contributed by atoms with Crippen LogP contribution in [0, 0.1) is 0 Å². The average Bonchev–Trinajstić information content (AvgIpc) is 2.60. The van der Waals surface area contributed by atoms with Crippen LogP contribution < -0.4 is 0 Å². The molecule has 0 atom stereocenters. The van der Waals surface area contributed by atoms with Crippen molar-refractivity contribution in [1.82, 2.24) is 0 Å². The summed E-state index contributed by atoms with van der Waals surface area (Å²) >= 11 is 0. The first-order valence-corrected chi connectivity index (χ1v) is 7.60.